The van der Waals surface area contributed by atoms with Gasteiger partial charge in [0.05, 0.1) is 19.0 Å². The summed E-state index contributed by atoms with van der Waals surface area (Å²) in [5, 5.41) is 0. The molecule has 0 atom stereocenters. The third-order valence-corrected chi connectivity index (χ3v) is 2.19. The molecular formula is C10H17N3O. The van der Waals surface area contributed by atoms with E-state index in [1.165, 1.54) is 0 Å². The predicted octanol–water partition coefficient (Wildman–Crippen LogP) is 1.52. The molecule has 4 nitrogen and oxygen atoms in total. The highest BCUT2D eigenvalue weighted by molar-refractivity contribution is 5.57. The quantitative estimate of drug-likeness (QED) is 0.791. The van der Waals surface area contributed by atoms with Crippen molar-refractivity contribution in [3.63, 3.8) is 0 Å². The standard InChI is InChI=1S/C10H17N3O/c1-4-13(5-2)10-6-9(14-3)8(11)7-12-10/h6-7H,4-5,11H2,1-3H3. The van der Waals surface area contributed by atoms with E-state index in [2.05, 4.69) is 23.7 Å². The Balaban J connectivity index is 2.98. The molecule has 1 aromatic rings. The predicted molar refractivity (Wildman–Crippen MR) is 58.8 cm³/mol. The van der Waals surface area contributed by atoms with Crippen LogP contribution in [0.5, 0.6) is 5.75 Å². The number of hydrogen-bond donors (Lipinski definition) is 1. The fraction of sp³-hybridized carbons (Fsp3) is 0.500. The van der Waals surface area contributed by atoms with Gasteiger partial charge in [-0.25, -0.2) is 4.98 Å². The van der Waals surface area contributed by atoms with Crippen molar-refractivity contribution in [3.05, 3.63) is 12.3 Å². The summed E-state index contributed by atoms with van der Waals surface area (Å²) >= 11 is 0. The zero-order valence-corrected chi connectivity index (χ0v) is 8.95. The van der Waals surface area contributed by atoms with Crippen LogP contribution in [0.4, 0.5) is 11.5 Å². The van der Waals surface area contributed by atoms with Gasteiger partial charge in [0.2, 0.25) is 0 Å². The average Bonchev–Trinajstić information content (AvgIpc) is 2.22. The van der Waals surface area contributed by atoms with E-state index in [1.807, 2.05) is 6.07 Å². The van der Waals surface area contributed by atoms with Crippen LogP contribution >= 0.6 is 0 Å². The summed E-state index contributed by atoms with van der Waals surface area (Å²) in [5.74, 6) is 1.59. The first-order valence-corrected chi connectivity index (χ1v) is 4.77. The van der Waals surface area contributed by atoms with Crippen LogP contribution in [-0.4, -0.2) is 25.2 Å². The maximum Gasteiger partial charge on any atom is 0.147 e. The minimum absolute atomic E-state index is 0.573. The largest absolute Gasteiger partial charge is 0.494 e. The Morgan fingerprint density at radius 1 is 1.43 bits per heavy atom. The van der Waals surface area contributed by atoms with Crippen LogP contribution in [0.25, 0.3) is 0 Å². The lowest BCUT2D eigenvalue weighted by Crippen LogP contribution is -2.22. The van der Waals surface area contributed by atoms with Crippen molar-refractivity contribution in [2.75, 3.05) is 30.8 Å². The molecule has 0 spiro atoms. The number of anilines is 2. The van der Waals surface area contributed by atoms with E-state index in [0.29, 0.717) is 11.4 Å². The van der Waals surface area contributed by atoms with Crippen LogP contribution in [0.15, 0.2) is 12.3 Å². The van der Waals surface area contributed by atoms with E-state index in [1.54, 1.807) is 13.3 Å². The number of ether oxygens (including phenoxy) is 1. The van der Waals surface area contributed by atoms with Gasteiger partial charge in [0.25, 0.3) is 0 Å². The first kappa shape index (κ1) is 10.6. The molecule has 0 amide bonds. The lowest BCUT2D eigenvalue weighted by Gasteiger charge is -2.20. The minimum atomic E-state index is 0.573. The molecular weight excluding hydrogens is 178 g/mol. The van der Waals surface area contributed by atoms with E-state index < -0.39 is 0 Å². The van der Waals surface area contributed by atoms with Crippen LogP contribution in [0, 0.1) is 0 Å². The third-order valence-electron chi connectivity index (χ3n) is 2.19. The Hall–Kier alpha value is -1.45. The lowest BCUT2D eigenvalue weighted by atomic mass is 10.3. The van der Waals surface area contributed by atoms with Gasteiger partial charge in [-0.1, -0.05) is 0 Å². The van der Waals surface area contributed by atoms with Crippen molar-refractivity contribution in [2.45, 2.75) is 13.8 Å². The molecule has 14 heavy (non-hydrogen) atoms. The van der Waals surface area contributed by atoms with Gasteiger partial charge in [-0.2, -0.15) is 0 Å². The number of hydrogen-bond acceptors (Lipinski definition) is 4. The van der Waals surface area contributed by atoms with Crippen molar-refractivity contribution >= 4 is 11.5 Å². The van der Waals surface area contributed by atoms with Gasteiger partial charge in [-0.15, -0.1) is 0 Å². The smallest absolute Gasteiger partial charge is 0.147 e. The van der Waals surface area contributed by atoms with E-state index in [4.69, 9.17) is 10.5 Å². The number of nitrogens with two attached hydrogens (primary N) is 1. The number of nitrogens with zero attached hydrogens (tertiary/aromatic N) is 2. The molecule has 78 valence electrons. The highest BCUT2D eigenvalue weighted by Gasteiger charge is 2.06. The number of aromatic nitrogens is 1. The molecule has 0 aromatic carbocycles. The number of methoxy groups -OCH3 is 1. The van der Waals surface area contributed by atoms with Gasteiger partial charge in [0, 0.05) is 19.2 Å². The number of rotatable bonds is 4. The van der Waals surface area contributed by atoms with E-state index in [0.717, 1.165) is 18.9 Å². The molecule has 0 radical (unpaired) electrons. The van der Waals surface area contributed by atoms with Gasteiger partial charge < -0.3 is 15.4 Å². The van der Waals surface area contributed by atoms with Gasteiger partial charge in [-0.05, 0) is 13.8 Å². The Labute approximate surface area is 84.7 Å². The summed E-state index contributed by atoms with van der Waals surface area (Å²) in [6, 6.07) is 1.86. The summed E-state index contributed by atoms with van der Waals surface area (Å²) < 4.78 is 5.13. The second kappa shape index (κ2) is 4.69. The summed E-state index contributed by atoms with van der Waals surface area (Å²) in [6.07, 6.45) is 1.63. The van der Waals surface area contributed by atoms with Gasteiger partial charge in [0.1, 0.15) is 11.6 Å². The summed E-state index contributed by atoms with van der Waals surface area (Å²) in [4.78, 5) is 6.39. The molecule has 1 rings (SSSR count). The fourth-order valence-corrected chi connectivity index (χ4v) is 1.33. The topological polar surface area (TPSA) is 51.4 Å². The fourth-order valence-electron chi connectivity index (χ4n) is 1.33. The van der Waals surface area contributed by atoms with E-state index in [-0.39, 0.29) is 0 Å². The SMILES string of the molecule is CCN(CC)c1cc(OC)c(N)cn1. The van der Waals surface area contributed by atoms with Crippen molar-refractivity contribution in [2.24, 2.45) is 0 Å². The molecule has 0 aliphatic rings. The highest BCUT2D eigenvalue weighted by Crippen LogP contribution is 2.24. The Morgan fingerprint density at radius 3 is 2.57 bits per heavy atom. The molecule has 0 aliphatic heterocycles. The van der Waals surface area contributed by atoms with Crippen molar-refractivity contribution < 1.29 is 4.74 Å². The van der Waals surface area contributed by atoms with Crippen molar-refractivity contribution in [1.29, 1.82) is 0 Å². The van der Waals surface area contributed by atoms with Gasteiger partial charge in [-0.3, -0.25) is 0 Å². The third kappa shape index (κ3) is 2.07. The van der Waals surface area contributed by atoms with Crippen LogP contribution in [0.3, 0.4) is 0 Å². The zero-order valence-electron chi connectivity index (χ0n) is 8.95. The van der Waals surface area contributed by atoms with E-state index >= 15 is 0 Å². The summed E-state index contributed by atoms with van der Waals surface area (Å²) in [5.41, 5.74) is 6.25. The summed E-state index contributed by atoms with van der Waals surface area (Å²) in [7, 11) is 1.61. The number of pyridine rings is 1. The highest BCUT2D eigenvalue weighted by atomic mass is 16.5. The monoisotopic (exact) mass is 195 g/mol. The van der Waals surface area contributed by atoms with Gasteiger partial charge in [0.15, 0.2) is 0 Å². The summed E-state index contributed by atoms with van der Waals surface area (Å²) in [6.45, 7) is 6.04. The molecule has 0 saturated carbocycles. The Bertz CT molecular complexity index is 297. The zero-order chi connectivity index (χ0) is 10.6. The molecule has 1 heterocycles. The molecule has 1 aromatic heterocycles. The first-order chi connectivity index (χ1) is 6.72. The average molecular weight is 195 g/mol. The second-order valence-corrected chi connectivity index (χ2v) is 2.96. The molecule has 2 N–H and O–H groups in total. The number of nitrogen functional groups attached to an aromatic ring is 1. The first-order valence-electron chi connectivity index (χ1n) is 4.77. The Morgan fingerprint density at radius 2 is 2.07 bits per heavy atom. The maximum atomic E-state index is 5.68. The molecule has 4 heteroatoms. The minimum Gasteiger partial charge on any atom is -0.494 e. The van der Waals surface area contributed by atoms with Crippen LogP contribution < -0.4 is 15.4 Å². The van der Waals surface area contributed by atoms with Gasteiger partial charge >= 0.3 is 0 Å². The maximum absolute atomic E-state index is 5.68. The molecule has 0 aliphatic carbocycles. The second-order valence-electron chi connectivity index (χ2n) is 2.96. The van der Waals surface area contributed by atoms with Crippen LogP contribution in [-0.2, 0) is 0 Å². The van der Waals surface area contributed by atoms with Crippen molar-refractivity contribution in [1.82, 2.24) is 4.98 Å². The Kier molecular flexibility index (Phi) is 3.56. The van der Waals surface area contributed by atoms with Crippen LogP contribution in [0.2, 0.25) is 0 Å². The van der Waals surface area contributed by atoms with Crippen molar-refractivity contribution in [3.8, 4) is 5.75 Å². The van der Waals surface area contributed by atoms with Crippen LogP contribution in [0.1, 0.15) is 13.8 Å². The van der Waals surface area contributed by atoms with E-state index in [9.17, 15) is 0 Å². The molecule has 0 fully saturated rings. The normalized spacial score (nSPS) is 9.93. The molecule has 0 saturated heterocycles. The molecule has 0 unspecified atom stereocenters. The molecule has 0 bridgehead atoms. The lowest BCUT2D eigenvalue weighted by molar-refractivity contribution is 0.416.